The SMILES string of the molecule is COc1ccc(C(=O)NC2CC2CN2C(=O)CCC2=O)cc1OC1CCCC1. The predicted molar refractivity (Wildman–Crippen MR) is 101 cm³/mol. The van der Waals surface area contributed by atoms with E-state index in [-0.39, 0.29) is 35.8 Å². The van der Waals surface area contributed by atoms with Gasteiger partial charge in [0.15, 0.2) is 11.5 Å². The lowest BCUT2D eigenvalue weighted by atomic mass is 10.1. The Bertz CT molecular complexity index is 771. The molecule has 3 fully saturated rings. The molecule has 3 aliphatic rings. The van der Waals surface area contributed by atoms with Crippen LogP contribution in [0.1, 0.15) is 55.3 Å². The van der Waals surface area contributed by atoms with Gasteiger partial charge in [-0.2, -0.15) is 0 Å². The summed E-state index contributed by atoms with van der Waals surface area (Å²) >= 11 is 0. The van der Waals surface area contributed by atoms with Crippen molar-refractivity contribution in [1.29, 1.82) is 0 Å². The van der Waals surface area contributed by atoms with Crippen molar-refractivity contribution in [2.75, 3.05) is 13.7 Å². The van der Waals surface area contributed by atoms with Gasteiger partial charge in [0.05, 0.1) is 13.2 Å². The fraction of sp³-hybridized carbons (Fsp3) is 0.571. The third kappa shape index (κ3) is 3.98. The normalized spacial score (nSPS) is 24.5. The molecule has 0 bridgehead atoms. The highest BCUT2D eigenvalue weighted by Crippen LogP contribution is 2.35. The molecule has 1 aromatic rings. The first-order valence-corrected chi connectivity index (χ1v) is 10.0. The molecule has 1 aromatic carbocycles. The maximum absolute atomic E-state index is 12.6. The first-order valence-electron chi connectivity index (χ1n) is 10.0. The van der Waals surface area contributed by atoms with Gasteiger partial charge in [0, 0.05) is 31.0 Å². The third-order valence-corrected chi connectivity index (χ3v) is 5.83. The number of rotatable bonds is 7. The first-order chi connectivity index (χ1) is 13.5. The van der Waals surface area contributed by atoms with E-state index in [0.717, 1.165) is 32.1 Å². The zero-order chi connectivity index (χ0) is 19.7. The van der Waals surface area contributed by atoms with Crippen molar-refractivity contribution in [3.63, 3.8) is 0 Å². The Hall–Kier alpha value is -2.57. The fourth-order valence-corrected chi connectivity index (χ4v) is 4.03. The Morgan fingerprint density at radius 3 is 2.54 bits per heavy atom. The number of likely N-dealkylation sites (tertiary alicyclic amines) is 1. The van der Waals surface area contributed by atoms with Gasteiger partial charge >= 0.3 is 0 Å². The molecule has 1 heterocycles. The molecular weight excluding hydrogens is 360 g/mol. The molecule has 7 heteroatoms. The van der Waals surface area contributed by atoms with E-state index < -0.39 is 0 Å². The number of hydrogen-bond donors (Lipinski definition) is 1. The Morgan fingerprint density at radius 1 is 1.14 bits per heavy atom. The van der Waals surface area contributed by atoms with E-state index in [4.69, 9.17) is 9.47 Å². The number of nitrogens with zero attached hydrogens (tertiary/aromatic N) is 1. The van der Waals surface area contributed by atoms with Gasteiger partial charge in [0.2, 0.25) is 11.8 Å². The van der Waals surface area contributed by atoms with Gasteiger partial charge in [-0.25, -0.2) is 0 Å². The molecule has 7 nitrogen and oxygen atoms in total. The molecule has 0 spiro atoms. The van der Waals surface area contributed by atoms with Crippen LogP contribution in [-0.2, 0) is 9.59 Å². The first kappa shape index (κ1) is 18.8. The van der Waals surface area contributed by atoms with E-state index in [2.05, 4.69) is 5.32 Å². The van der Waals surface area contributed by atoms with Gasteiger partial charge in [0.1, 0.15) is 0 Å². The van der Waals surface area contributed by atoms with E-state index in [0.29, 0.717) is 36.4 Å². The summed E-state index contributed by atoms with van der Waals surface area (Å²) in [5.41, 5.74) is 0.521. The quantitative estimate of drug-likeness (QED) is 0.727. The van der Waals surface area contributed by atoms with Crippen molar-refractivity contribution in [1.82, 2.24) is 10.2 Å². The van der Waals surface area contributed by atoms with Crippen molar-refractivity contribution in [2.24, 2.45) is 5.92 Å². The number of carbonyl (C=O) groups excluding carboxylic acids is 3. The molecule has 0 aromatic heterocycles. The highest BCUT2D eigenvalue weighted by molar-refractivity contribution is 6.02. The predicted octanol–water partition coefficient (Wildman–Crippen LogP) is 2.28. The Balaban J connectivity index is 1.36. The van der Waals surface area contributed by atoms with Crippen molar-refractivity contribution < 1.29 is 23.9 Å². The molecule has 3 amide bonds. The number of nitrogens with one attached hydrogen (secondary N) is 1. The molecule has 0 radical (unpaired) electrons. The molecule has 2 atom stereocenters. The fourth-order valence-electron chi connectivity index (χ4n) is 4.03. The average Bonchev–Trinajstić information content (AvgIpc) is 3.05. The smallest absolute Gasteiger partial charge is 0.251 e. The molecule has 2 saturated carbocycles. The van der Waals surface area contributed by atoms with Gasteiger partial charge in [-0.15, -0.1) is 0 Å². The third-order valence-electron chi connectivity index (χ3n) is 5.83. The molecule has 1 saturated heterocycles. The van der Waals surface area contributed by atoms with Crippen LogP contribution in [0.25, 0.3) is 0 Å². The second kappa shape index (κ2) is 7.81. The van der Waals surface area contributed by atoms with Crippen LogP contribution in [0.2, 0.25) is 0 Å². The largest absolute Gasteiger partial charge is 0.493 e. The van der Waals surface area contributed by atoms with Crippen LogP contribution < -0.4 is 14.8 Å². The summed E-state index contributed by atoms with van der Waals surface area (Å²) in [6.45, 7) is 0.404. The lowest BCUT2D eigenvalue weighted by Gasteiger charge is -2.17. The van der Waals surface area contributed by atoms with Crippen molar-refractivity contribution in [2.45, 2.75) is 57.1 Å². The minimum absolute atomic E-state index is 0.00463. The summed E-state index contributed by atoms with van der Waals surface area (Å²) in [4.78, 5) is 37.4. The van der Waals surface area contributed by atoms with Crippen molar-refractivity contribution >= 4 is 17.7 Å². The lowest BCUT2D eigenvalue weighted by Crippen LogP contribution is -2.34. The van der Waals surface area contributed by atoms with Gasteiger partial charge in [0.25, 0.3) is 5.91 Å². The Labute approximate surface area is 164 Å². The molecule has 2 aliphatic carbocycles. The molecule has 4 rings (SSSR count). The number of hydrogen-bond acceptors (Lipinski definition) is 5. The van der Waals surface area contributed by atoms with E-state index in [9.17, 15) is 14.4 Å². The van der Waals surface area contributed by atoms with Crippen molar-refractivity contribution in [3.05, 3.63) is 23.8 Å². The number of amides is 3. The second-order valence-electron chi connectivity index (χ2n) is 7.86. The molecule has 2 unspecified atom stereocenters. The van der Waals surface area contributed by atoms with E-state index in [1.165, 1.54) is 4.90 Å². The van der Waals surface area contributed by atoms with Gasteiger partial charge in [-0.1, -0.05) is 0 Å². The summed E-state index contributed by atoms with van der Waals surface area (Å²) in [7, 11) is 1.59. The molecule has 1 N–H and O–H groups in total. The van der Waals surface area contributed by atoms with Crippen LogP contribution in [0.4, 0.5) is 0 Å². The van der Waals surface area contributed by atoms with Crippen LogP contribution in [-0.4, -0.2) is 48.4 Å². The molecule has 28 heavy (non-hydrogen) atoms. The minimum Gasteiger partial charge on any atom is -0.493 e. The van der Waals surface area contributed by atoms with E-state index in [1.54, 1.807) is 25.3 Å². The van der Waals surface area contributed by atoms with Crippen LogP contribution in [0, 0.1) is 5.92 Å². The number of benzene rings is 1. The summed E-state index contributed by atoms with van der Waals surface area (Å²) in [6.07, 6.45) is 5.95. The second-order valence-corrected chi connectivity index (χ2v) is 7.86. The number of methoxy groups -OCH3 is 1. The summed E-state index contributed by atoms with van der Waals surface area (Å²) < 4.78 is 11.4. The maximum atomic E-state index is 12.6. The minimum atomic E-state index is -0.175. The van der Waals surface area contributed by atoms with Crippen LogP contribution in [0.15, 0.2) is 18.2 Å². The average molecular weight is 386 g/mol. The summed E-state index contributed by atoms with van der Waals surface area (Å²) in [5.74, 6) is 0.978. The monoisotopic (exact) mass is 386 g/mol. The highest BCUT2D eigenvalue weighted by Gasteiger charge is 2.43. The summed E-state index contributed by atoms with van der Waals surface area (Å²) in [5, 5.41) is 3.00. The van der Waals surface area contributed by atoms with E-state index >= 15 is 0 Å². The Morgan fingerprint density at radius 2 is 1.86 bits per heavy atom. The standard InChI is InChI=1S/C21H26N2O5/c1-27-17-7-6-13(11-18(17)28-15-4-2-3-5-15)21(26)22-16-10-14(16)12-23-19(24)8-9-20(23)25/h6-7,11,14-16H,2-5,8-10,12H2,1H3,(H,22,26). The lowest BCUT2D eigenvalue weighted by molar-refractivity contribution is -0.138. The van der Waals surface area contributed by atoms with E-state index in [1.807, 2.05) is 0 Å². The maximum Gasteiger partial charge on any atom is 0.251 e. The van der Waals surface area contributed by atoms with Crippen LogP contribution >= 0.6 is 0 Å². The molecule has 150 valence electrons. The zero-order valence-corrected chi connectivity index (χ0v) is 16.1. The zero-order valence-electron chi connectivity index (χ0n) is 16.1. The van der Waals surface area contributed by atoms with Crippen molar-refractivity contribution in [3.8, 4) is 11.5 Å². The van der Waals surface area contributed by atoms with Gasteiger partial charge in [-0.05, 0) is 56.2 Å². The molecular formula is C21H26N2O5. The van der Waals surface area contributed by atoms with Crippen LogP contribution in [0.5, 0.6) is 11.5 Å². The number of imide groups is 1. The Kier molecular flexibility index (Phi) is 5.24. The topological polar surface area (TPSA) is 84.9 Å². The highest BCUT2D eigenvalue weighted by atomic mass is 16.5. The number of ether oxygens (including phenoxy) is 2. The summed E-state index contributed by atoms with van der Waals surface area (Å²) in [6, 6.07) is 5.21. The van der Waals surface area contributed by atoms with Crippen LogP contribution in [0.3, 0.4) is 0 Å². The molecule has 1 aliphatic heterocycles. The number of carbonyl (C=O) groups is 3. The van der Waals surface area contributed by atoms with Gasteiger partial charge in [-0.3, -0.25) is 19.3 Å². The van der Waals surface area contributed by atoms with Gasteiger partial charge < -0.3 is 14.8 Å².